The van der Waals surface area contributed by atoms with Gasteiger partial charge in [0.1, 0.15) is 12.6 Å². The number of fused-ring (bicyclic) bond motifs is 3. The van der Waals surface area contributed by atoms with E-state index in [-0.39, 0.29) is 18.4 Å². The number of hydrogen-bond donors (Lipinski definition) is 1. The summed E-state index contributed by atoms with van der Waals surface area (Å²) in [6.45, 7) is 2.70. The highest BCUT2D eigenvalue weighted by atomic mass is 16.6. The van der Waals surface area contributed by atoms with Crippen molar-refractivity contribution in [2.75, 3.05) is 13.2 Å². The normalized spacial score (nSPS) is 20.7. The number of hydrogen-bond acceptors (Lipinski definition) is 3. The van der Waals surface area contributed by atoms with Crippen LogP contribution in [0.1, 0.15) is 43.2 Å². The van der Waals surface area contributed by atoms with Crippen LogP contribution in [0.3, 0.4) is 0 Å². The van der Waals surface area contributed by atoms with Crippen molar-refractivity contribution in [3.63, 3.8) is 0 Å². The van der Waals surface area contributed by atoms with Crippen LogP contribution in [-0.2, 0) is 9.53 Å². The third-order valence-corrected chi connectivity index (χ3v) is 6.01. The molecule has 146 valence electrons. The van der Waals surface area contributed by atoms with Crippen molar-refractivity contribution in [3.05, 3.63) is 59.7 Å². The van der Waals surface area contributed by atoms with Gasteiger partial charge < -0.3 is 9.84 Å². The summed E-state index contributed by atoms with van der Waals surface area (Å²) in [5.41, 5.74) is 4.65. The molecule has 2 aromatic carbocycles. The minimum absolute atomic E-state index is 0.00276. The summed E-state index contributed by atoms with van der Waals surface area (Å²) < 4.78 is 5.65. The van der Waals surface area contributed by atoms with Gasteiger partial charge in [0.15, 0.2) is 0 Å². The number of carbonyl (C=O) groups is 2. The lowest BCUT2D eigenvalue weighted by atomic mass is 9.95. The molecule has 1 aliphatic carbocycles. The van der Waals surface area contributed by atoms with Gasteiger partial charge in [-0.15, -0.1) is 0 Å². The van der Waals surface area contributed by atoms with E-state index in [0.29, 0.717) is 6.54 Å². The van der Waals surface area contributed by atoms with Gasteiger partial charge in [0, 0.05) is 12.5 Å². The van der Waals surface area contributed by atoms with Crippen LogP contribution >= 0.6 is 0 Å². The molecular formula is C23H25NO4. The van der Waals surface area contributed by atoms with Crippen LogP contribution in [-0.4, -0.2) is 41.3 Å². The molecule has 1 N–H and O–H groups in total. The fourth-order valence-electron chi connectivity index (χ4n) is 4.75. The van der Waals surface area contributed by atoms with Crippen LogP contribution in [0.2, 0.25) is 0 Å². The maximum absolute atomic E-state index is 12.7. The van der Waals surface area contributed by atoms with E-state index >= 15 is 0 Å². The Morgan fingerprint density at radius 1 is 1.07 bits per heavy atom. The molecule has 0 radical (unpaired) electrons. The first-order valence-electron chi connectivity index (χ1n) is 9.96. The minimum atomic E-state index is -0.940. The third-order valence-electron chi connectivity index (χ3n) is 6.01. The Kier molecular flexibility index (Phi) is 5.07. The number of carbonyl (C=O) groups excluding carboxylic acids is 1. The molecule has 1 saturated heterocycles. The summed E-state index contributed by atoms with van der Waals surface area (Å²) in [7, 11) is 0. The number of benzene rings is 2. The van der Waals surface area contributed by atoms with Crippen molar-refractivity contribution in [2.24, 2.45) is 5.92 Å². The van der Waals surface area contributed by atoms with Gasteiger partial charge in [-0.25, -0.2) is 9.59 Å². The third kappa shape index (κ3) is 3.15. The average molecular weight is 379 g/mol. The van der Waals surface area contributed by atoms with E-state index in [9.17, 15) is 14.7 Å². The highest BCUT2D eigenvalue weighted by Crippen LogP contribution is 2.44. The van der Waals surface area contributed by atoms with Gasteiger partial charge in [-0.3, -0.25) is 4.90 Å². The zero-order valence-corrected chi connectivity index (χ0v) is 16.0. The fraction of sp³-hybridized carbons (Fsp3) is 0.391. The Balaban J connectivity index is 1.50. The molecule has 2 aromatic rings. The fourth-order valence-corrected chi connectivity index (χ4v) is 4.75. The summed E-state index contributed by atoms with van der Waals surface area (Å²) in [6.07, 6.45) is 1.92. The number of nitrogens with zero attached hydrogens (tertiary/aromatic N) is 1. The van der Waals surface area contributed by atoms with Gasteiger partial charge in [-0.1, -0.05) is 61.9 Å². The van der Waals surface area contributed by atoms with Gasteiger partial charge in [-0.2, -0.15) is 0 Å². The van der Waals surface area contributed by atoms with Crippen LogP contribution in [0.4, 0.5) is 4.79 Å². The van der Waals surface area contributed by atoms with E-state index in [1.54, 1.807) is 0 Å². The number of ether oxygens (including phenoxy) is 1. The first kappa shape index (κ1) is 18.5. The summed E-state index contributed by atoms with van der Waals surface area (Å²) in [5, 5.41) is 9.62. The number of amides is 1. The van der Waals surface area contributed by atoms with Gasteiger partial charge in [-0.05, 0) is 41.0 Å². The van der Waals surface area contributed by atoms with Crippen LogP contribution in [0.25, 0.3) is 11.1 Å². The second-order valence-corrected chi connectivity index (χ2v) is 7.62. The van der Waals surface area contributed by atoms with Gasteiger partial charge in [0.05, 0.1) is 0 Å². The second-order valence-electron chi connectivity index (χ2n) is 7.62. The van der Waals surface area contributed by atoms with Gasteiger partial charge in [0.2, 0.25) is 0 Å². The molecule has 5 nitrogen and oxygen atoms in total. The number of aliphatic carboxylic acids is 1. The first-order valence-corrected chi connectivity index (χ1v) is 9.96. The predicted molar refractivity (Wildman–Crippen MR) is 106 cm³/mol. The predicted octanol–water partition coefficient (Wildman–Crippen LogP) is 4.51. The smallest absolute Gasteiger partial charge is 0.410 e. The molecule has 2 atom stereocenters. The highest BCUT2D eigenvalue weighted by molar-refractivity contribution is 5.82. The zero-order chi connectivity index (χ0) is 19.7. The molecular weight excluding hydrogens is 354 g/mol. The van der Waals surface area contributed by atoms with Gasteiger partial charge in [0.25, 0.3) is 0 Å². The summed E-state index contributed by atoms with van der Waals surface area (Å²) in [4.78, 5) is 25.9. The Morgan fingerprint density at radius 3 is 2.25 bits per heavy atom. The van der Waals surface area contributed by atoms with E-state index in [2.05, 4.69) is 24.3 Å². The maximum Gasteiger partial charge on any atom is 0.410 e. The monoisotopic (exact) mass is 379 g/mol. The summed E-state index contributed by atoms with van der Waals surface area (Å²) >= 11 is 0. The Hall–Kier alpha value is -2.82. The second kappa shape index (κ2) is 7.66. The Labute approximate surface area is 164 Å². The van der Waals surface area contributed by atoms with Crippen molar-refractivity contribution < 1.29 is 19.4 Å². The Bertz CT molecular complexity index is 848. The molecule has 0 spiro atoms. The topological polar surface area (TPSA) is 66.8 Å². The zero-order valence-electron chi connectivity index (χ0n) is 16.0. The number of rotatable bonds is 5. The molecule has 0 aromatic heterocycles. The lowest BCUT2D eigenvalue weighted by Crippen LogP contribution is -2.43. The molecule has 0 bridgehead atoms. The van der Waals surface area contributed by atoms with Crippen molar-refractivity contribution in [2.45, 2.75) is 38.1 Å². The standard InChI is InChI=1S/C23H25NO4/c1-2-7-15-12-13-24(21(15)22(25)26)23(27)28-14-20-18-10-5-3-8-16(18)17-9-4-6-11-19(17)20/h3-6,8-11,15,20-21H,2,7,12-14H2,1H3,(H,25,26). The molecule has 1 amide bonds. The molecule has 1 fully saturated rings. The molecule has 5 heteroatoms. The largest absolute Gasteiger partial charge is 0.480 e. The van der Waals surface area contributed by atoms with E-state index in [0.717, 1.165) is 30.4 Å². The van der Waals surface area contributed by atoms with Crippen molar-refractivity contribution in [1.82, 2.24) is 4.90 Å². The molecule has 1 heterocycles. The molecule has 28 heavy (non-hydrogen) atoms. The van der Waals surface area contributed by atoms with Crippen molar-refractivity contribution >= 4 is 12.1 Å². The molecule has 2 unspecified atom stereocenters. The van der Waals surface area contributed by atoms with Crippen molar-refractivity contribution in [1.29, 1.82) is 0 Å². The van der Waals surface area contributed by atoms with E-state index < -0.39 is 18.1 Å². The molecule has 2 aliphatic rings. The molecule has 1 aliphatic heterocycles. The van der Waals surface area contributed by atoms with E-state index in [1.165, 1.54) is 16.0 Å². The first-order chi connectivity index (χ1) is 13.6. The van der Waals surface area contributed by atoms with E-state index in [1.807, 2.05) is 31.2 Å². The lowest BCUT2D eigenvalue weighted by molar-refractivity contribution is -0.143. The maximum atomic E-state index is 12.7. The average Bonchev–Trinajstić information content (AvgIpc) is 3.26. The summed E-state index contributed by atoms with van der Waals surface area (Å²) in [5.74, 6) is -0.957. The van der Waals surface area contributed by atoms with Crippen LogP contribution in [0.5, 0.6) is 0 Å². The number of carboxylic acid groups (broad SMARTS) is 1. The highest BCUT2D eigenvalue weighted by Gasteiger charge is 2.42. The Morgan fingerprint density at radius 2 is 1.68 bits per heavy atom. The SMILES string of the molecule is CCCC1CCN(C(=O)OCC2c3ccccc3-c3ccccc32)C1C(=O)O. The number of likely N-dealkylation sites (tertiary alicyclic amines) is 1. The quantitative estimate of drug-likeness (QED) is 0.830. The van der Waals surface area contributed by atoms with Crippen molar-refractivity contribution in [3.8, 4) is 11.1 Å². The summed E-state index contributed by atoms with van der Waals surface area (Å²) in [6, 6.07) is 15.6. The van der Waals surface area contributed by atoms with Crippen LogP contribution in [0.15, 0.2) is 48.5 Å². The van der Waals surface area contributed by atoms with Gasteiger partial charge >= 0.3 is 12.1 Å². The molecule has 0 saturated carbocycles. The lowest BCUT2D eigenvalue weighted by Gasteiger charge is -2.25. The van der Waals surface area contributed by atoms with Crippen LogP contribution < -0.4 is 0 Å². The van der Waals surface area contributed by atoms with E-state index in [4.69, 9.17) is 4.74 Å². The molecule has 4 rings (SSSR count). The van der Waals surface area contributed by atoms with Crippen LogP contribution in [0, 0.1) is 5.92 Å². The minimum Gasteiger partial charge on any atom is -0.480 e. The number of carboxylic acids is 1.